The number of hydrogen-bond acceptors (Lipinski definition) is 3. The molecule has 0 amide bonds. The largest absolute Gasteiger partial charge is 0.417 e. The third-order valence-corrected chi connectivity index (χ3v) is 7.93. The van der Waals surface area contributed by atoms with Gasteiger partial charge in [0.2, 0.25) is 0 Å². The summed E-state index contributed by atoms with van der Waals surface area (Å²) in [4.78, 5) is 11.5. The van der Waals surface area contributed by atoms with Gasteiger partial charge in [-0.3, -0.25) is 0 Å². The van der Waals surface area contributed by atoms with Gasteiger partial charge in [-0.05, 0) is 30.3 Å². The Morgan fingerprint density at radius 2 is 1.80 bits per heavy atom. The lowest BCUT2D eigenvalue weighted by molar-refractivity contribution is -0.128. The highest BCUT2D eigenvalue weighted by Crippen LogP contribution is 2.36. The van der Waals surface area contributed by atoms with Gasteiger partial charge in [-0.15, -0.1) is 0 Å². The second-order valence-electron chi connectivity index (χ2n) is 6.05. The fourth-order valence-corrected chi connectivity index (χ4v) is 2.03. The Bertz CT molecular complexity index is 504. The predicted octanol–water partition coefficient (Wildman–Crippen LogP) is 3.62. The molecule has 0 bridgehead atoms. The summed E-state index contributed by atoms with van der Waals surface area (Å²) in [6, 6.07) is 8.89. The molecule has 0 radical (unpaired) electrons. The van der Waals surface area contributed by atoms with Crippen LogP contribution in [0.3, 0.4) is 0 Å². The molecule has 0 unspecified atom stereocenters. The summed E-state index contributed by atoms with van der Waals surface area (Å²) in [6.45, 7) is 11.1. The molecule has 1 aromatic rings. The quantitative estimate of drug-likeness (QED) is 0.280. The Kier molecular flexibility index (Phi) is 5.55. The van der Waals surface area contributed by atoms with Gasteiger partial charge < -0.3 is 9.16 Å². The maximum atomic E-state index is 11.5. The third kappa shape index (κ3) is 5.20. The molecule has 0 fully saturated rings. The predicted molar refractivity (Wildman–Crippen MR) is 83.0 cm³/mol. The molecule has 20 heavy (non-hydrogen) atoms. The lowest BCUT2D eigenvalue weighted by atomic mass is 10.2. The van der Waals surface area contributed by atoms with Crippen LogP contribution in [0.15, 0.2) is 30.3 Å². The van der Waals surface area contributed by atoms with Gasteiger partial charge >= 0.3 is 5.97 Å². The summed E-state index contributed by atoms with van der Waals surface area (Å²) in [5, 5.41) is 0.138. The third-order valence-electron chi connectivity index (χ3n) is 3.46. The van der Waals surface area contributed by atoms with Gasteiger partial charge in [0.05, 0.1) is 6.61 Å². The van der Waals surface area contributed by atoms with Crippen molar-refractivity contribution in [1.29, 1.82) is 0 Å². The van der Waals surface area contributed by atoms with Crippen LogP contribution in [0.4, 0.5) is 0 Å². The second kappa shape index (κ2) is 6.73. The molecule has 0 atom stereocenters. The number of carbonyl (C=O) groups excluding carboxylic acids is 1. The SMILES string of the molecule is CC(C)(C)[Si](C)(C)OCC#CC(=O)Oc1ccccc1. The molecule has 0 aliphatic carbocycles. The summed E-state index contributed by atoms with van der Waals surface area (Å²) < 4.78 is 10.9. The van der Waals surface area contributed by atoms with E-state index in [-0.39, 0.29) is 11.6 Å². The lowest BCUT2D eigenvalue weighted by Gasteiger charge is -2.35. The minimum absolute atomic E-state index is 0.138. The van der Waals surface area contributed by atoms with E-state index in [1.165, 1.54) is 0 Å². The molecule has 0 aliphatic rings. The van der Waals surface area contributed by atoms with E-state index >= 15 is 0 Å². The number of para-hydroxylation sites is 1. The minimum atomic E-state index is -1.81. The van der Waals surface area contributed by atoms with Crippen molar-refractivity contribution >= 4 is 14.3 Å². The first-order valence-electron chi connectivity index (χ1n) is 6.62. The molecule has 0 aliphatic heterocycles. The van der Waals surface area contributed by atoms with Crippen molar-refractivity contribution in [2.45, 2.75) is 38.9 Å². The number of rotatable bonds is 3. The van der Waals surface area contributed by atoms with E-state index in [1.54, 1.807) is 24.3 Å². The Morgan fingerprint density at radius 3 is 2.35 bits per heavy atom. The molecule has 1 aromatic carbocycles. The average Bonchev–Trinajstić information content (AvgIpc) is 2.34. The summed E-state index contributed by atoms with van der Waals surface area (Å²) in [5.41, 5.74) is 0. The number of carbonyl (C=O) groups is 1. The van der Waals surface area contributed by atoms with Crippen molar-refractivity contribution < 1.29 is 14.0 Å². The fraction of sp³-hybridized carbons (Fsp3) is 0.438. The van der Waals surface area contributed by atoms with Gasteiger partial charge in [-0.25, -0.2) is 4.79 Å². The Hall–Kier alpha value is -1.57. The standard InChI is InChI=1S/C16H22O3Si/c1-16(2,3)20(4,5)18-13-9-12-15(17)19-14-10-7-6-8-11-14/h6-8,10-11H,13H2,1-5H3. The molecule has 1 rings (SSSR count). The summed E-state index contributed by atoms with van der Waals surface area (Å²) in [5.74, 6) is 5.10. The molecule has 0 saturated heterocycles. The number of esters is 1. The molecule has 0 spiro atoms. The Balaban J connectivity index is 2.45. The van der Waals surface area contributed by atoms with E-state index in [1.807, 2.05) is 6.07 Å². The van der Waals surface area contributed by atoms with Gasteiger partial charge in [0.15, 0.2) is 8.32 Å². The zero-order chi connectivity index (χ0) is 15.2. The molecule has 4 heteroatoms. The smallest absolute Gasteiger partial charge is 0.389 e. The fourth-order valence-electron chi connectivity index (χ4n) is 1.16. The van der Waals surface area contributed by atoms with Crippen LogP contribution in [0, 0.1) is 11.8 Å². The van der Waals surface area contributed by atoms with Gasteiger partial charge in [0, 0.05) is 5.92 Å². The highest BCUT2D eigenvalue weighted by Gasteiger charge is 2.36. The molecular formula is C16H22O3Si. The molecule has 0 aromatic heterocycles. The van der Waals surface area contributed by atoms with E-state index in [9.17, 15) is 4.79 Å². The zero-order valence-corrected chi connectivity index (χ0v) is 13.8. The lowest BCUT2D eigenvalue weighted by Crippen LogP contribution is -2.40. The van der Waals surface area contributed by atoms with Crippen LogP contribution in [0.1, 0.15) is 20.8 Å². The summed E-state index contributed by atoms with van der Waals surface area (Å²) in [6.07, 6.45) is 0. The van der Waals surface area contributed by atoms with Crippen molar-refractivity contribution in [1.82, 2.24) is 0 Å². The Labute approximate surface area is 122 Å². The number of benzene rings is 1. The van der Waals surface area contributed by atoms with Crippen LogP contribution in [-0.4, -0.2) is 20.9 Å². The maximum absolute atomic E-state index is 11.5. The first-order valence-corrected chi connectivity index (χ1v) is 9.53. The van der Waals surface area contributed by atoms with Crippen LogP contribution in [0.2, 0.25) is 18.1 Å². The van der Waals surface area contributed by atoms with E-state index in [2.05, 4.69) is 45.7 Å². The second-order valence-corrected chi connectivity index (χ2v) is 10.9. The van der Waals surface area contributed by atoms with Gasteiger partial charge in [-0.2, -0.15) is 0 Å². The molecular weight excluding hydrogens is 268 g/mol. The van der Waals surface area contributed by atoms with Crippen molar-refractivity contribution in [3.05, 3.63) is 30.3 Å². The van der Waals surface area contributed by atoms with E-state index in [4.69, 9.17) is 9.16 Å². The first kappa shape index (κ1) is 16.5. The Morgan fingerprint density at radius 1 is 1.20 bits per heavy atom. The van der Waals surface area contributed by atoms with Crippen molar-refractivity contribution in [2.75, 3.05) is 6.61 Å². The monoisotopic (exact) mass is 290 g/mol. The van der Waals surface area contributed by atoms with Gasteiger partial charge in [0.25, 0.3) is 0 Å². The maximum Gasteiger partial charge on any atom is 0.389 e. The molecule has 0 N–H and O–H groups in total. The number of hydrogen-bond donors (Lipinski definition) is 0. The summed E-state index contributed by atoms with van der Waals surface area (Å²) in [7, 11) is -1.81. The van der Waals surface area contributed by atoms with Gasteiger partial charge in [-0.1, -0.05) is 44.9 Å². The van der Waals surface area contributed by atoms with Crippen molar-refractivity contribution in [3.63, 3.8) is 0 Å². The molecule has 3 nitrogen and oxygen atoms in total. The summed E-state index contributed by atoms with van der Waals surface area (Å²) >= 11 is 0. The molecule has 108 valence electrons. The van der Waals surface area contributed by atoms with Crippen LogP contribution in [0.25, 0.3) is 0 Å². The highest BCUT2D eigenvalue weighted by atomic mass is 28.4. The average molecular weight is 290 g/mol. The van der Waals surface area contributed by atoms with Gasteiger partial charge in [0.1, 0.15) is 5.75 Å². The van der Waals surface area contributed by atoms with E-state index < -0.39 is 14.3 Å². The van der Waals surface area contributed by atoms with Crippen LogP contribution in [-0.2, 0) is 9.22 Å². The van der Waals surface area contributed by atoms with Crippen molar-refractivity contribution in [3.8, 4) is 17.6 Å². The van der Waals surface area contributed by atoms with E-state index in [0.29, 0.717) is 5.75 Å². The minimum Gasteiger partial charge on any atom is -0.417 e. The first-order chi connectivity index (χ1) is 9.22. The van der Waals surface area contributed by atoms with Crippen molar-refractivity contribution in [2.24, 2.45) is 0 Å². The number of ether oxygens (including phenoxy) is 1. The van der Waals surface area contributed by atoms with Crippen LogP contribution >= 0.6 is 0 Å². The molecule has 0 heterocycles. The molecule has 0 saturated carbocycles. The normalized spacial score (nSPS) is 11.4. The van der Waals surface area contributed by atoms with Crippen LogP contribution in [0.5, 0.6) is 5.75 Å². The topological polar surface area (TPSA) is 35.5 Å². The highest BCUT2D eigenvalue weighted by molar-refractivity contribution is 6.74. The van der Waals surface area contributed by atoms with E-state index in [0.717, 1.165) is 0 Å². The zero-order valence-electron chi connectivity index (χ0n) is 12.8. The van der Waals surface area contributed by atoms with Crippen LogP contribution < -0.4 is 4.74 Å².